The average Bonchev–Trinajstić information content (AvgIpc) is 2.62. The number of piperidine rings is 1. The summed E-state index contributed by atoms with van der Waals surface area (Å²) in [5.41, 5.74) is 2.71. The Hall–Kier alpha value is -0.860. The molecular formula is C19H33IN4O. The predicted octanol–water partition coefficient (Wildman–Crippen LogP) is 2.99. The number of guanidine groups is 1. The van der Waals surface area contributed by atoms with E-state index in [9.17, 15) is 0 Å². The van der Waals surface area contributed by atoms with Gasteiger partial charge in [-0.2, -0.15) is 0 Å². The van der Waals surface area contributed by atoms with Crippen LogP contribution in [0.25, 0.3) is 0 Å². The van der Waals surface area contributed by atoms with E-state index in [2.05, 4.69) is 46.7 Å². The van der Waals surface area contributed by atoms with E-state index in [1.54, 1.807) is 7.11 Å². The molecule has 5 nitrogen and oxygen atoms in total. The van der Waals surface area contributed by atoms with Gasteiger partial charge in [0.05, 0.1) is 13.2 Å². The van der Waals surface area contributed by atoms with Crippen molar-refractivity contribution in [3.63, 3.8) is 0 Å². The van der Waals surface area contributed by atoms with Crippen LogP contribution in [0.2, 0.25) is 0 Å². The summed E-state index contributed by atoms with van der Waals surface area (Å²) in [6.45, 7) is 8.56. The van der Waals surface area contributed by atoms with Crippen LogP contribution < -0.4 is 10.6 Å². The molecule has 2 rings (SSSR count). The Bertz CT molecular complexity index is 504. The Labute approximate surface area is 169 Å². The summed E-state index contributed by atoms with van der Waals surface area (Å²) in [5.74, 6) is 0.849. The van der Waals surface area contributed by atoms with Crippen molar-refractivity contribution in [3.8, 4) is 0 Å². The molecule has 1 fully saturated rings. The van der Waals surface area contributed by atoms with Crippen molar-refractivity contribution >= 4 is 29.9 Å². The molecule has 0 atom stereocenters. The monoisotopic (exact) mass is 460 g/mol. The van der Waals surface area contributed by atoms with E-state index in [-0.39, 0.29) is 24.0 Å². The first-order valence-corrected chi connectivity index (χ1v) is 9.13. The summed E-state index contributed by atoms with van der Waals surface area (Å²) in [6.07, 6.45) is 4.03. The molecule has 1 aromatic rings. The molecule has 0 aliphatic carbocycles. The van der Waals surface area contributed by atoms with Gasteiger partial charge in [-0.05, 0) is 44.0 Å². The molecule has 0 spiro atoms. The van der Waals surface area contributed by atoms with Crippen molar-refractivity contribution in [1.29, 1.82) is 0 Å². The number of rotatable bonds is 8. The Morgan fingerprint density at radius 1 is 1.12 bits per heavy atom. The molecule has 1 heterocycles. The van der Waals surface area contributed by atoms with Crippen LogP contribution in [0.15, 0.2) is 29.3 Å². The van der Waals surface area contributed by atoms with E-state index < -0.39 is 0 Å². The smallest absolute Gasteiger partial charge is 0.191 e. The normalized spacial score (nSPS) is 15.5. The second kappa shape index (κ2) is 13.4. The standard InChI is InChI=1S/C19H32N4O.HI/c1-3-20-19(21-11-14-24-2)22-15-17-9-5-6-10-18(17)16-23-12-7-4-8-13-23;/h5-6,9-10H,3-4,7-8,11-16H2,1-2H3,(H2,20,21,22);1H. The van der Waals surface area contributed by atoms with Gasteiger partial charge in [-0.3, -0.25) is 4.90 Å². The Morgan fingerprint density at radius 3 is 2.52 bits per heavy atom. The predicted molar refractivity (Wildman–Crippen MR) is 116 cm³/mol. The van der Waals surface area contributed by atoms with Crippen LogP contribution in [0.4, 0.5) is 0 Å². The van der Waals surface area contributed by atoms with Gasteiger partial charge in [-0.15, -0.1) is 24.0 Å². The lowest BCUT2D eigenvalue weighted by Crippen LogP contribution is -2.38. The molecule has 6 heteroatoms. The van der Waals surface area contributed by atoms with Crippen LogP contribution in [0.3, 0.4) is 0 Å². The van der Waals surface area contributed by atoms with E-state index in [1.807, 2.05) is 0 Å². The molecule has 0 aromatic heterocycles. The summed E-state index contributed by atoms with van der Waals surface area (Å²) < 4.78 is 5.09. The molecular weight excluding hydrogens is 427 g/mol. The molecule has 2 N–H and O–H groups in total. The van der Waals surface area contributed by atoms with Crippen LogP contribution in [-0.2, 0) is 17.8 Å². The molecule has 1 saturated heterocycles. The van der Waals surface area contributed by atoms with Gasteiger partial charge >= 0.3 is 0 Å². The second-order valence-electron chi connectivity index (χ2n) is 6.22. The number of hydrogen-bond acceptors (Lipinski definition) is 3. The zero-order chi connectivity index (χ0) is 17.0. The highest BCUT2D eigenvalue weighted by Crippen LogP contribution is 2.16. The minimum absolute atomic E-state index is 0. The van der Waals surface area contributed by atoms with E-state index in [4.69, 9.17) is 9.73 Å². The SMILES string of the molecule is CCNC(=NCc1ccccc1CN1CCCCC1)NCCOC.I. The van der Waals surface area contributed by atoms with E-state index >= 15 is 0 Å². The number of nitrogens with zero attached hydrogens (tertiary/aromatic N) is 2. The maximum absolute atomic E-state index is 5.09. The fourth-order valence-electron chi connectivity index (χ4n) is 3.00. The number of ether oxygens (including phenoxy) is 1. The minimum atomic E-state index is 0. The third-order valence-corrected chi connectivity index (χ3v) is 4.31. The van der Waals surface area contributed by atoms with Crippen LogP contribution in [0.1, 0.15) is 37.3 Å². The summed E-state index contributed by atoms with van der Waals surface area (Å²) in [5, 5.41) is 6.58. The van der Waals surface area contributed by atoms with Gasteiger partial charge in [-0.25, -0.2) is 4.99 Å². The molecule has 1 aliphatic heterocycles. The topological polar surface area (TPSA) is 48.9 Å². The summed E-state index contributed by atoms with van der Waals surface area (Å²) in [7, 11) is 1.71. The van der Waals surface area contributed by atoms with Gasteiger partial charge in [0.15, 0.2) is 5.96 Å². The number of methoxy groups -OCH3 is 1. The Kier molecular flexibility index (Phi) is 11.9. The van der Waals surface area contributed by atoms with Gasteiger partial charge in [-0.1, -0.05) is 30.7 Å². The number of halogens is 1. The number of nitrogens with one attached hydrogen (secondary N) is 2. The molecule has 25 heavy (non-hydrogen) atoms. The maximum Gasteiger partial charge on any atom is 0.191 e. The summed E-state index contributed by atoms with van der Waals surface area (Å²) in [4.78, 5) is 7.29. The largest absolute Gasteiger partial charge is 0.383 e. The fraction of sp³-hybridized carbons (Fsp3) is 0.632. The molecule has 142 valence electrons. The van der Waals surface area contributed by atoms with Crippen LogP contribution >= 0.6 is 24.0 Å². The maximum atomic E-state index is 5.09. The van der Waals surface area contributed by atoms with E-state index in [0.29, 0.717) is 13.2 Å². The van der Waals surface area contributed by atoms with Crippen molar-refractivity contribution in [1.82, 2.24) is 15.5 Å². The van der Waals surface area contributed by atoms with Crippen molar-refractivity contribution in [2.75, 3.05) is 39.9 Å². The van der Waals surface area contributed by atoms with Crippen LogP contribution in [-0.4, -0.2) is 50.8 Å². The van der Waals surface area contributed by atoms with Crippen LogP contribution in [0.5, 0.6) is 0 Å². The molecule has 0 amide bonds. The van der Waals surface area contributed by atoms with Gasteiger partial charge in [0.2, 0.25) is 0 Å². The number of benzene rings is 1. The lowest BCUT2D eigenvalue weighted by molar-refractivity contribution is 0.203. The van der Waals surface area contributed by atoms with Gasteiger partial charge in [0, 0.05) is 26.7 Å². The highest BCUT2D eigenvalue weighted by molar-refractivity contribution is 14.0. The highest BCUT2D eigenvalue weighted by Gasteiger charge is 2.12. The van der Waals surface area contributed by atoms with Crippen molar-refractivity contribution in [2.45, 2.75) is 39.3 Å². The first-order valence-electron chi connectivity index (χ1n) is 9.13. The van der Waals surface area contributed by atoms with Gasteiger partial charge < -0.3 is 15.4 Å². The first kappa shape index (κ1) is 22.2. The third-order valence-electron chi connectivity index (χ3n) is 4.31. The fourth-order valence-corrected chi connectivity index (χ4v) is 3.00. The Morgan fingerprint density at radius 2 is 1.84 bits per heavy atom. The van der Waals surface area contributed by atoms with E-state index in [0.717, 1.165) is 25.6 Å². The van der Waals surface area contributed by atoms with E-state index in [1.165, 1.54) is 43.5 Å². The van der Waals surface area contributed by atoms with Crippen molar-refractivity contribution < 1.29 is 4.74 Å². The molecule has 1 aromatic carbocycles. The van der Waals surface area contributed by atoms with Crippen molar-refractivity contribution in [2.24, 2.45) is 4.99 Å². The average molecular weight is 460 g/mol. The minimum Gasteiger partial charge on any atom is -0.383 e. The molecule has 0 unspecified atom stereocenters. The molecule has 0 saturated carbocycles. The summed E-state index contributed by atoms with van der Waals surface area (Å²) in [6, 6.07) is 8.68. The number of likely N-dealkylation sites (tertiary alicyclic amines) is 1. The molecule has 1 aliphatic rings. The summed E-state index contributed by atoms with van der Waals surface area (Å²) >= 11 is 0. The highest BCUT2D eigenvalue weighted by atomic mass is 127. The Balaban J connectivity index is 0.00000312. The first-order chi connectivity index (χ1) is 11.8. The third kappa shape index (κ3) is 8.37. The van der Waals surface area contributed by atoms with Gasteiger partial charge in [0.1, 0.15) is 0 Å². The number of hydrogen-bond donors (Lipinski definition) is 2. The number of aliphatic imine (C=N–C) groups is 1. The second-order valence-corrected chi connectivity index (χ2v) is 6.22. The van der Waals surface area contributed by atoms with Crippen molar-refractivity contribution in [3.05, 3.63) is 35.4 Å². The molecule has 0 radical (unpaired) electrons. The zero-order valence-corrected chi connectivity index (χ0v) is 17.9. The van der Waals surface area contributed by atoms with Gasteiger partial charge in [0.25, 0.3) is 0 Å². The molecule has 0 bridgehead atoms. The van der Waals surface area contributed by atoms with Crippen LogP contribution in [0, 0.1) is 0 Å². The quantitative estimate of drug-likeness (QED) is 0.271. The zero-order valence-electron chi connectivity index (χ0n) is 15.6. The lowest BCUT2D eigenvalue weighted by Gasteiger charge is -2.27. The lowest BCUT2D eigenvalue weighted by atomic mass is 10.1.